The first-order chi connectivity index (χ1) is 11.7. The summed E-state index contributed by atoms with van der Waals surface area (Å²) in [5.41, 5.74) is 2.01. The van der Waals surface area contributed by atoms with Crippen molar-refractivity contribution in [3.8, 4) is 16.9 Å². The highest BCUT2D eigenvalue weighted by atomic mass is 19.1. The Labute approximate surface area is 138 Å². The fourth-order valence-corrected chi connectivity index (χ4v) is 2.40. The molecule has 0 saturated heterocycles. The number of aldehydes is 1. The number of halogens is 2. The molecule has 0 fully saturated rings. The van der Waals surface area contributed by atoms with Crippen LogP contribution in [-0.4, -0.2) is 6.29 Å². The van der Waals surface area contributed by atoms with Crippen molar-refractivity contribution in [3.63, 3.8) is 0 Å². The monoisotopic (exact) mass is 324 g/mol. The first-order valence-electron chi connectivity index (χ1n) is 7.39. The number of hydrogen-bond donors (Lipinski definition) is 0. The highest BCUT2D eigenvalue weighted by Gasteiger charge is 2.10. The number of carbonyl (C=O) groups is 1. The lowest BCUT2D eigenvalue weighted by molar-refractivity contribution is 0.111. The third-order valence-electron chi connectivity index (χ3n) is 3.62. The third kappa shape index (κ3) is 3.49. The number of benzene rings is 3. The molecule has 0 bridgehead atoms. The van der Waals surface area contributed by atoms with Gasteiger partial charge in [0.25, 0.3) is 0 Å². The maximum Gasteiger partial charge on any atom is 0.153 e. The van der Waals surface area contributed by atoms with Crippen molar-refractivity contribution in [1.29, 1.82) is 0 Å². The lowest BCUT2D eigenvalue weighted by Crippen LogP contribution is -1.98. The molecule has 0 heterocycles. The Morgan fingerprint density at radius 1 is 0.917 bits per heavy atom. The van der Waals surface area contributed by atoms with E-state index in [4.69, 9.17) is 4.74 Å². The van der Waals surface area contributed by atoms with Gasteiger partial charge in [0.1, 0.15) is 24.0 Å². The van der Waals surface area contributed by atoms with Crippen LogP contribution in [0.25, 0.3) is 11.1 Å². The molecule has 0 radical (unpaired) electrons. The summed E-state index contributed by atoms with van der Waals surface area (Å²) in [7, 11) is 0. The van der Waals surface area contributed by atoms with Crippen LogP contribution in [0.15, 0.2) is 66.7 Å². The van der Waals surface area contributed by atoms with Crippen LogP contribution in [-0.2, 0) is 6.61 Å². The van der Waals surface area contributed by atoms with E-state index in [1.54, 1.807) is 12.1 Å². The lowest BCUT2D eigenvalue weighted by atomic mass is 10.0. The molecule has 4 heteroatoms. The number of rotatable bonds is 5. The Morgan fingerprint density at radius 2 is 1.71 bits per heavy atom. The van der Waals surface area contributed by atoms with Gasteiger partial charge in [-0.15, -0.1) is 0 Å². The van der Waals surface area contributed by atoms with E-state index in [-0.39, 0.29) is 5.56 Å². The molecule has 0 aliphatic carbocycles. The van der Waals surface area contributed by atoms with Crippen LogP contribution in [0.1, 0.15) is 15.9 Å². The molecule has 0 N–H and O–H groups in total. The van der Waals surface area contributed by atoms with Gasteiger partial charge in [0.2, 0.25) is 0 Å². The van der Waals surface area contributed by atoms with Crippen molar-refractivity contribution in [2.45, 2.75) is 6.61 Å². The van der Waals surface area contributed by atoms with Gasteiger partial charge in [-0.1, -0.05) is 36.4 Å². The van der Waals surface area contributed by atoms with Gasteiger partial charge in [0.05, 0.1) is 5.56 Å². The maximum atomic E-state index is 13.9. The number of carbonyl (C=O) groups excluding carboxylic acids is 1. The van der Waals surface area contributed by atoms with E-state index in [9.17, 15) is 13.6 Å². The molecule has 0 amide bonds. The zero-order chi connectivity index (χ0) is 16.9. The number of ether oxygens (including phenoxy) is 1. The molecule has 0 atom stereocenters. The van der Waals surface area contributed by atoms with Gasteiger partial charge in [-0.3, -0.25) is 4.79 Å². The van der Waals surface area contributed by atoms with Crippen molar-refractivity contribution in [1.82, 2.24) is 0 Å². The van der Waals surface area contributed by atoms with Gasteiger partial charge in [-0.2, -0.15) is 0 Å². The van der Waals surface area contributed by atoms with Crippen LogP contribution in [0.4, 0.5) is 8.78 Å². The average Bonchev–Trinajstić information content (AvgIpc) is 2.61. The molecule has 3 aromatic carbocycles. The quantitative estimate of drug-likeness (QED) is 0.616. The third-order valence-corrected chi connectivity index (χ3v) is 3.62. The summed E-state index contributed by atoms with van der Waals surface area (Å²) in [5, 5.41) is 0. The first-order valence-corrected chi connectivity index (χ1v) is 7.39. The van der Waals surface area contributed by atoms with E-state index in [1.165, 1.54) is 18.2 Å². The minimum absolute atomic E-state index is 0.231. The van der Waals surface area contributed by atoms with Crippen LogP contribution in [0.2, 0.25) is 0 Å². The fraction of sp³-hybridized carbons (Fsp3) is 0.0500. The normalized spacial score (nSPS) is 10.4. The maximum absolute atomic E-state index is 13.9. The second-order valence-corrected chi connectivity index (χ2v) is 5.27. The molecular weight excluding hydrogens is 310 g/mol. The van der Waals surface area contributed by atoms with Crippen molar-refractivity contribution < 1.29 is 18.3 Å². The standard InChI is InChI=1S/C20H14F2O2/c21-17-7-8-18(19(22)11-17)15-6-9-20(16(10-15)12-23)24-13-14-4-2-1-3-5-14/h1-12H,13H2. The molecule has 2 nitrogen and oxygen atoms in total. The summed E-state index contributed by atoms with van der Waals surface area (Å²) in [6.45, 7) is 0.325. The van der Waals surface area contributed by atoms with E-state index in [1.807, 2.05) is 30.3 Å². The molecule has 0 unspecified atom stereocenters. The number of hydrogen-bond acceptors (Lipinski definition) is 2. The molecule has 24 heavy (non-hydrogen) atoms. The van der Waals surface area contributed by atoms with Crippen LogP contribution >= 0.6 is 0 Å². The average molecular weight is 324 g/mol. The second-order valence-electron chi connectivity index (χ2n) is 5.27. The second kappa shape index (κ2) is 7.04. The van der Waals surface area contributed by atoms with Crippen molar-refractivity contribution in [2.75, 3.05) is 0 Å². The molecule has 0 aliphatic rings. The van der Waals surface area contributed by atoms with Gasteiger partial charge >= 0.3 is 0 Å². The summed E-state index contributed by atoms with van der Waals surface area (Å²) < 4.78 is 32.6. The van der Waals surface area contributed by atoms with E-state index in [2.05, 4.69) is 0 Å². The highest BCUT2D eigenvalue weighted by molar-refractivity contribution is 5.83. The summed E-state index contributed by atoms with van der Waals surface area (Å²) in [5.74, 6) is -0.903. The largest absolute Gasteiger partial charge is 0.488 e. The molecule has 3 rings (SSSR count). The molecular formula is C20H14F2O2. The molecule has 0 aliphatic heterocycles. The Morgan fingerprint density at radius 3 is 2.42 bits per heavy atom. The lowest BCUT2D eigenvalue weighted by Gasteiger charge is -2.11. The van der Waals surface area contributed by atoms with Gasteiger partial charge in [0.15, 0.2) is 6.29 Å². The van der Waals surface area contributed by atoms with E-state index < -0.39 is 11.6 Å². The Bertz CT molecular complexity index is 861. The molecule has 120 valence electrons. The van der Waals surface area contributed by atoms with Crippen LogP contribution in [0.3, 0.4) is 0 Å². The summed E-state index contributed by atoms with van der Waals surface area (Å²) in [6, 6.07) is 17.7. The molecule has 0 aromatic heterocycles. The molecule has 0 spiro atoms. The van der Waals surface area contributed by atoms with Crippen LogP contribution in [0, 0.1) is 11.6 Å². The minimum atomic E-state index is -0.676. The smallest absolute Gasteiger partial charge is 0.153 e. The van der Waals surface area contributed by atoms with Gasteiger partial charge in [-0.05, 0) is 35.4 Å². The van der Waals surface area contributed by atoms with Crippen molar-refractivity contribution in [2.24, 2.45) is 0 Å². The van der Waals surface area contributed by atoms with Crippen LogP contribution < -0.4 is 4.74 Å². The van der Waals surface area contributed by atoms with Crippen molar-refractivity contribution >= 4 is 6.29 Å². The van der Waals surface area contributed by atoms with Gasteiger partial charge < -0.3 is 4.74 Å². The molecule has 3 aromatic rings. The van der Waals surface area contributed by atoms with Crippen molar-refractivity contribution in [3.05, 3.63) is 89.5 Å². The Balaban J connectivity index is 1.86. The van der Waals surface area contributed by atoms with Gasteiger partial charge in [0, 0.05) is 11.6 Å². The van der Waals surface area contributed by atoms with Gasteiger partial charge in [-0.25, -0.2) is 8.78 Å². The predicted molar refractivity (Wildman–Crippen MR) is 88.0 cm³/mol. The fourth-order valence-electron chi connectivity index (χ4n) is 2.40. The zero-order valence-electron chi connectivity index (χ0n) is 12.7. The van der Waals surface area contributed by atoms with E-state index in [0.29, 0.717) is 29.8 Å². The predicted octanol–water partition coefficient (Wildman–Crippen LogP) is 5.02. The Hall–Kier alpha value is -3.01. The minimum Gasteiger partial charge on any atom is -0.488 e. The summed E-state index contributed by atoms with van der Waals surface area (Å²) in [6.07, 6.45) is 0.658. The van der Waals surface area contributed by atoms with E-state index in [0.717, 1.165) is 11.6 Å². The van der Waals surface area contributed by atoms with E-state index >= 15 is 0 Å². The SMILES string of the molecule is O=Cc1cc(-c2ccc(F)cc2F)ccc1OCc1ccccc1. The summed E-state index contributed by atoms with van der Waals surface area (Å²) >= 11 is 0. The zero-order valence-corrected chi connectivity index (χ0v) is 12.7. The molecule has 0 saturated carbocycles. The Kier molecular flexibility index (Phi) is 4.66. The summed E-state index contributed by atoms with van der Waals surface area (Å²) in [4.78, 5) is 11.3. The van der Waals surface area contributed by atoms with Crippen LogP contribution in [0.5, 0.6) is 5.75 Å². The first kappa shape index (κ1) is 15.9. The highest BCUT2D eigenvalue weighted by Crippen LogP contribution is 2.28. The topological polar surface area (TPSA) is 26.3 Å².